The molecule has 1 heterocycles. The van der Waals surface area contributed by atoms with Crippen LogP contribution in [0.15, 0.2) is 42.5 Å². The van der Waals surface area contributed by atoms with Gasteiger partial charge < -0.3 is 15.6 Å². The van der Waals surface area contributed by atoms with Crippen molar-refractivity contribution in [3.63, 3.8) is 0 Å². The molecule has 0 aliphatic heterocycles. The van der Waals surface area contributed by atoms with Crippen molar-refractivity contribution in [1.82, 2.24) is 4.57 Å². The van der Waals surface area contributed by atoms with Crippen molar-refractivity contribution in [3.05, 3.63) is 59.3 Å². The highest BCUT2D eigenvalue weighted by atomic mass is 16.5. The molecule has 25 heavy (non-hydrogen) atoms. The first-order valence-corrected chi connectivity index (χ1v) is 7.72. The number of hydrogen-bond donors (Lipinski definition) is 2. The number of rotatable bonds is 4. The molecule has 0 radical (unpaired) electrons. The summed E-state index contributed by atoms with van der Waals surface area (Å²) in [5.74, 6) is -0.606. The van der Waals surface area contributed by atoms with E-state index in [1.807, 2.05) is 0 Å². The lowest BCUT2D eigenvalue weighted by Crippen LogP contribution is -2.14. The molecule has 2 aromatic carbocycles. The Morgan fingerprint density at radius 1 is 1.20 bits per heavy atom. The molecule has 6 nitrogen and oxygen atoms in total. The maximum Gasteiger partial charge on any atom is 0.307 e. The number of carboxylic acid groups (broad SMARTS) is 1. The van der Waals surface area contributed by atoms with E-state index >= 15 is 0 Å². The van der Waals surface area contributed by atoms with Crippen LogP contribution in [0.25, 0.3) is 10.9 Å². The number of fused-ring (bicyclic) bond motifs is 1. The zero-order chi connectivity index (χ0) is 18.1. The number of hydrogen-bond acceptors (Lipinski definition) is 4. The van der Waals surface area contributed by atoms with Gasteiger partial charge in [0, 0.05) is 22.3 Å². The number of carbonyl (C=O) groups excluding carboxylic acids is 1. The van der Waals surface area contributed by atoms with Crippen molar-refractivity contribution in [2.75, 3.05) is 12.8 Å². The summed E-state index contributed by atoms with van der Waals surface area (Å²) in [5, 5.41) is 9.93. The summed E-state index contributed by atoms with van der Waals surface area (Å²) in [4.78, 5) is 24.3. The van der Waals surface area contributed by atoms with Gasteiger partial charge in [0.1, 0.15) is 5.75 Å². The maximum absolute atomic E-state index is 13.0. The van der Waals surface area contributed by atoms with Gasteiger partial charge in [0.15, 0.2) is 0 Å². The second-order valence-corrected chi connectivity index (χ2v) is 5.78. The molecule has 0 fully saturated rings. The molecule has 0 atom stereocenters. The molecule has 3 aromatic rings. The number of nitrogens with zero attached hydrogens (tertiary/aromatic N) is 1. The van der Waals surface area contributed by atoms with Gasteiger partial charge in [0.2, 0.25) is 0 Å². The normalized spacial score (nSPS) is 10.8. The van der Waals surface area contributed by atoms with Gasteiger partial charge in [-0.25, -0.2) is 0 Å². The molecule has 1 aromatic heterocycles. The predicted molar refractivity (Wildman–Crippen MR) is 95.1 cm³/mol. The van der Waals surface area contributed by atoms with Crippen LogP contribution < -0.4 is 10.5 Å². The fourth-order valence-corrected chi connectivity index (χ4v) is 3.03. The highest BCUT2D eigenvalue weighted by Crippen LogP contribution is 2.30. The third-order valence-corrected chi connectivity index (χ3v) is 4.21. The second-order valence-electron chi connectivity index (χ2n) is 5.78. The van der Waals surface area contributed by atoms with E-state index in [4.69, 9.17) is 10.5 Å². The van der Waals surface area contributed by atoms with Crippen LogP contribution in [-0.4, -0.2) is 28.7 Å². The summed E-state index contributed by atoms with van der Waals surface area (Å²) in [6.07, 6.45) is -0.174. The Morgan fingerprint density at radius 3 is 2.60 bits per heavy atom. The zero-order valence-corrected chi connectivity index (χ0v) is 13.9. The van der Waals surface area contributed by atoms with E-state index in [9.17, 15) is 14.7 Å². The fraction of sp³-hybridized carbons (Fsp3) is 0.158. The summed E-state index contributed by atoms with van der Waals surface area (Å²) in [6.45, 7) is 1.74. The first-order chi connectivity index (χ1) is 11.9. The molecule has 0 saturated heterocycles. The number of methoxy groups -OCH3 is 1. The number of aliphatic carboxylic acids is 1. The first-order valence-electron chi connectivity index (χ1n) is 7.72. The average molecular weight is 338 g/mol. The number of anilines is 1. The number of carbonyl (C=O) groups is 2. The highest BCUT2D eigenvalue weighted by Gasteiger charge is 2.21. The number of nitrogens with two attached hydrogens (primary N) is 1. The highest BCUT2D eigenvalue weighted by molar-refractivity contribution is 6.05. The van der Waals surface area contributed by atoms with E-state index in [0.29, 0.717) is 39.2 Å². The molecule has 0 aliphatic carbocycles. The monoisotopic (exact) mass is 338 g/mol. The molecule has 6 heteroatoms. The SMILES string of the molecule is COc1ccc2c(c1)c(CC(=O)O)c(C)n2C(=O)c1cccc(N)c1. The van der Waals surface area contributed by atoms with Gasteiger partial charge in [-0.05, 0) is 48.9 Å². The van der Waals surface area contributed by atoms with Crippen LogP contribution in [0.5, 0.6) is 5.75 Å². The van der Waals surface area contributed by atoms with Crippen LogP contribution in [0.4, 0.5) is 5.69 Å². The first kappa shape index (κ1) is 16.6. The number of aromatic nitrogens is 1. The van der Waals surface area contributed by atoms with Crippen LogP contribution in [0.2, 0.25) is 0 Å². The maximum atomic E-state index is 13.0. The Morgan fingerprint density at radius 2 is 1.96 bits per heavy atom. The van der Waals surface area contributed by atoms with Gasteiger partial charge >= 0.3 is 5.97 Å². The van der Waals surface area contributed by atoms with Crippen LogP contribution in [0, 0.1) is 6.92 Å². The fourth-order valence-electron chi connectivity index (χ4n) is 3.03. The summed E-state index contributed by atoms with van der Waals surface area (Å²) < 4.78 is 6.76. The molecule has 0 amide bonds. The van der Waals surface area contributed by atoms with Gasteiger partial charge in [-0.1, -0.05) is 6.07 Å². The van der Waals surface area contributed by atoms with Gasteiger partial charge in [-0.15, -0.1) is 0 Å². The van der Waals surface area contributed by atoms with Crippen LogP contribution in [0.1, 0.15) is 21.6 Å². The number of benzene rings is 2. The minimum absolute atomic E-state index is 0.174. The average Bonchev–Trinajstić information content (AvgIpc) is 2.85. The Balaban J connectivity index is 2.25. The van der Waals surface area contributed by atoms with Crippen LogP contribution in [0.3, 0.4) is 0 Å². The Labute approximate surface area is 144 Å². The smallest absolute Gasteiger partial charge is 0.307 e. The lowest BCUT2D eigenvalue weighted by molar-refractivity contribution is -0.136. The molecule has 0 unspecified atom stereocenters. The molecule has 3 rings (SSSR count). The van der Waals surface area contributed by atoms with E-state index in [-0.39, 0.29) is 12.3 Å². The molecule has 3 N–H and O–H groups in total. The molecule has 0 saturated carbocycles. The Hall–Kier alpha value is -3.28. The van der Waals surface area contributed by atoms with Crippen molar-refractivity contribution < 1.29 is 19.4 Å². The van der Waals surface area contributed by atoms with E-state index in [0.717, 1.165) is 0 Å². The van der Waals surface area contributed by atoms with E-state index in [2.05, 4.69) is 0 Å². The molecule has 0 bridgehead atoms. The topological polar surface area (TPSA) is 94.5 Å². The largest absolute Gasteiger partial charge is 0.497 e. The summed E-state index contributed by atoms with van der Waals surface area (Å²) in [5.41, 5.74) is 8.55. The van der Waals surface area contributed by atoms with Gasteiger partial charge in [-0.2, -0.15) is 0 Å². The number of ether oxygens (including phenoxy) is 1. The third-order valence-electron chi connectivity index (χ3n) is 4.21. The zero-order valence-electron chi connectivity index (χ0n) is 13.9. The van der Waals surface area contributed by atoms with Gasteiger partial charge in [0.05, 0.1) is 19.0 Å². The molecular weight excluding hydrogens is 320 g/mol. The molecule has 0 aliphatic rings. The van der Waals surface area contributed by atoms with Crippen LogP contribution >= 0.6 is 0 Å². The van der Waals surface area contributed by atoms with E-state index in [1.165, 1.54) is 4.57 Å². The lowest BCUT2D eigenvalue weighted by Gasteiger charge is -2.08. The molecule has 0 spiro atoms. The van der Waals surface area contributed by atoms with Crippen molar-refractivity contribution in [2.45, 2.75) is 13.3 Å². The number of carboxylic acids is 1. The predicted octanol–water partition coefficient (Wildman–Crippen LogP) is 2.86. The van der Waals surface area contributed by atoms with E-state index < -0.39 is 5.97 Å². The van der Waals surface area contributed by atoms with Crippen molar-refractivity contribution >= 4 is 28.5 Å². The van der Waals surface area contributed by atoms with Crippen molar-refractivity contribution in [1.29, 1.82) is 0 Å². The summed E-state index contributed by atoms with van der Waals surface area (Å²) >= 11 is 0. The number of nitrogen functional groups attached to an aromatic ring is 1. The molecule has 128 valence electrons. The Kier molecular flexibility index (Phi) is 4.19. The van der Waals surface area contributed by atoms with E-state index in [1.54, 1.807) is 56.5 Å². The summed E-state index contributed by atoms with van der Waals surface area (Å²) in [7, 11) is 1.54. The third kappa shape index (κ3) is 2.94. The Bertz CT molecular complexity index is 988. The quantitative estimate of drug-likeness (QED) is 0.713. The summed E-state index contributed by atoms with van der Waals surface area (Å²) in [6, 6.07) is 12.0. The lowest BCUT2D eigenvalue weighted by atomic mass is 10.1. The minimum Gasteiger partial charge on any atom is -0.497 e. The second kappa shape index (κ2) is 6.32. The van der Waals surface area contributed by atoms with Crippen molar-refractivity contribution in [2.24, 2.45) is 0 Å². The minimum atomic E-state index is -0.957. The van der Waals surface area contributed by atoms with Gasteiger partial charge in [0.25, 0.3) is 5.91 Å². The van der Waals surface area contributed by atoms with Crippen LogP contribution in [-0.2, 0) is 11.2 Å². The van der Waals surface area contributed by atoms with Gasteiger partial charge in [-0.3, -0.25) is 14.2 Å². The van der Waals surface area contributed by atoms with Crippen molar-refractivity contribution in [3.8, 4) is 5.75 Å². The molecular formula is C19H18N2O4. The standard InChI is InChI=1S/C19H18N2O4/c1-11-15(10-18(22)23)16-9-14(25-2)6-7-17(16)21(11)19(24)12-4-3-5-13(20)8-12/h3-9H,10,20H2,1-2H3,(H,22,23).